The number of carbonyl (C=O) groups is 2. The zero-order chi connectivity index (χ0) is 32.1. The fraction of sp³-hybridized carbons (Fsp3) is 0.459. The SMILES string of the molecule is CCCC(CCC)N(C(=O)CN1C[C@H](c2ccc3c(c2)CCO3)C(C(=O)O)[C@@H]1Cc1ccccc1OC)c1ccc(F)c(C)c1. The molecular weight excluding hydrogens is 571 g/mol. The Kier molecular flexibility index (Phi) is 10.4. The molecule has 2 heterocycles. The molecule has 3 aromatic rings. The van der Waals surface area contributed by atoms with Gasteiger partial charge in [0.25, 0.3) is 0 Å². The number of benzene rings is 3. The number of methoxy groups -OCH3 is 1. The van der Waals surface area contributed by atoms with Crippen molar-refractivity contribution in [3.63, 3.8) is 0 Å². The highest BCUT2D eigenvalue weighted by molar-refractivity contribution is 5.95. The van der Waals surface area contributed by atoms with Crippen molar-refractivity contribution in [3.05, 3.63) is 88.7 Å². The van der Waals surface area contributed by atoms with Crippen molar-refractivity contribution in [2.75, 3.05) is 31.7 Å². The van der Waals surface area contributed by atoms with Crippen molar-refractivity contribution in [3.8, 4) is 11.5 Å². The minimum atomic E-state index is -0.882. The van der Waals surface area contributed by atoms with E-state index < -0.39 is 17.9 Å². The fourth-order valence-electron chi connectivity index (χ4n) is 7.27. The standard InChI is InChI=1S/C37H45FN2O5/c1-5-9-28(10-6-2)40(29-14-15-31(38)24(3)19-29)35(41)23-39-22-30(25-13-16-34-27(20-25)17-18-45-34)36(37(42)43)32(39)21-26-11-7-8-12-33(26)44-4/h7-8,11-16,19-20,28,30,32,36H,5-6,9-10,17-18,21-23H2,1-4H3,(H,42,43)/t30-,32+,36?/m1/s1. The Labute approximate surface area is 265 Å². The summed E-state index contributed by atoms with van der Waals surface area (Å²) in [5.74, 6) is -0.810. The van der Waals surface area contributed by atoms with Gasteiger partial charge in [-0.1, -0.05) is 57.0 Å². The van der Waals surface area contributed by atoms with Gasteiger partial charge in [-0.2, -0.15) is 0 Å². The van der Waals surface area contributed by atoms with E-state index >= 15 is 0 Å². The zero-order valence-corrected chi connectivity index (χ0v) is 26.8. The number of halogens is 1. The molecule has 2 aliphatic rings. The van der Waals surface area contributed by atoms with E-state index in [-0.39, 0.29) is 30.2 Å². The van der Waals surface area contributed by atoms with Crippen molar-refractivity contribution in [2.24, 2.45) is 5.92 Å². The van der Waals surface area contributed by atoms with Gasteiger partial charge in [0, 0.05) is 36.7 Å². The Morgan fingerprint density at radius 2 is 1.84 bits per heavy atom. The number of likely N-dealkylation sites (tertiary alicyclic amines) is 1. The molecule has 1 N–H and O–H groups in total. The number of amides is 1. The molecule has 0 saturated carbocycles. The number of aliphatic carboxylic acids is 1. The van der Waals surface area contributed by atoms with E-state index in [2.05, 4.69) is 24.8 Å². The van der Waals surface area contributed by atoms with Crippen LogP contribution in [0.5, 0.6) is 11.5 Å². The van der Waals surface area contributed by atoms with Gasteiger partial charge in [-0.15, -0.1) is 0 Å². The summed E-state index contributed by atoms with van der Waals surface area (Å²) in [6.45, 7) is 7.02. The number of hydrogen-bond acceptors (Lipinski definition) is 5. The lowest BCUT2D eigenvalue weighted by Gasteiger charge is -2.35. The number of aryl methyl sites for hydroxylation is 1. The van der Waals surface area contributed by atoms with Gasteiger partial charge in [-0.25, -0.2) is 4.39 Å². The normalized spacial score (nSPS) is 19.4. The van der Waals surface area contributed by atoms with Crippen LogP contribution in [0.2, 0.25) is 0 Å². The Hall–Kier alpha value is -3.91. The average molecular weight is 617 g/mol. The first-order valence-electron chi connectivity index (χ1n) is 16.2. The van der Waals surface area contributed by atoms with E-state index in [1.807, 2.05) is 41.3 Å². The largest absolute Gasteiger partial charge is 0.496 e. The molecule has 0 aliphatic carbocycles. The minimum Gasteiger partial charge on any atom is -0.496 e. The predicted molar refractivity (Wildman–Crippen MR) is 174 cm³/mol. The molecule has 1 amide bonds. The summed E-state index contributed by atoms with van der Waals surface area (Å²) in [4.78, 5) is 31.5. The summed E-state index contributed by atoms with van der Waals surface area (Å²) in [6.07, 6.45) is 4.65. The van der Waals surface area contributed by atoms with Gasteiger partial charge in [0.1, 0.15) is 17.3 Å². The summed E-state index contributed by atoms with van der Waals surface area (Å²) in [5.41, 5.74) is 4.10. The molecule has 1 unspecified atom stereocenters. The number of fused-ring (bicyclic) bond motifs is 1. The van der Waals surface area contributed by atoms with Crippen molar-refractivity contribution in [2.45, 2.75) is 77.3 Å². The lowest BCUT2D eigenvalue weighted by atomic mass is 9.82. The van der Waals surface area contributed by atoms with Crippen LogP contribution < -0.4 is 14.4 Å². The molecule has 8 heteroatoms. The number of nitrogens with zero attached hydrogens (tertiary/aromatic N) is 2. The monoisotopic (exact) mass is 616 g/mol. The lowest BCUT2D eigenvalue weighted by Crippen LogP contribution is -2.48. The number of hydrogen-bond donors (Lipinski definition) is 1. The van der Waals surface area contributed by atoms with Crippen LogP contribution in [0.4, 0.5) is 10.1 Å². The van der Waals surface area contributed by atoms with E-state index in [1.54, 1.807) is 26.2 Å². The van der Waals surface area contributed by atoms with Crippen molar-refractivity contribution >= 4 is 17.6 Å². The van der Waals surface area contributed by atoms with Crippen LogP contribution in [0.3, 0.4) is 0 Å². The quantitative estimate of drug-likeness (QED) is 0.228. The lowest BCUT2D eigenvalue weighted by molar-refractivity contribution is -0.143. The second-order valence-electron chi connectivity index (χ2n) is 12.4. The molecule has 1 fully saturated rings. The second-order valence-corrected chi connectivity index (χ2v) is 12.4. The van der Waals surface area contributed by atoms with Crippen LogP contribution >= 0.6 is 0 Å². The first-order valence-corrected chi connectivity index (χ1v) is 16.2. The molecular formula is C37H45FN2O5. The molecule has 0 bridgehead atoms. The van der Waals surface area contributed by atoms with Crippen LogP contribution in [-0.2, 0) is 22.4 Å². The molecule has 0 aromatic heterocycles. The predicted octanol–water partition coefficient (Wildman–Crippen LogP) is 6.79. The van der Waals surface area contributed by atoms with Gasteiger partial charge >= 0.3 is 5.97 Å². The summed E-state index contributed by atoms with van der Waals surface area (Å²) >= 11 is 0. The van der Waals surface area contributed by atoms with Crippen molar-refractivity contribution in [1.29, 1.82) is 0 Å². The number of ether oxygens (including phenoxy) is 2. The highest BCUT2D eigenvalue weighted by Gasteiger charge is 2.48. The van der Waals surface area contributed by atoms with Crippen LogP contribution in [0.25, 0.3) is 0 Å². The first kappa shape index (κ1) is 32.5. The van der Waals surface area contributed by atoms with Gasteiger partial charge in [-0.3, -0.25) is 14.5 Å². The Morgan fingerprint density at radius 1 is 1.09 bits per heavy atom. The van der Waals surface area contributed by atoms with Gasteiger partial charge in [0.15, 0.2) is 0 Å². The third-order valence-corrected chi connectivity index (χ3v) is 9.43. The Bertz CT molecular complexity index is 1500. The molecule has 3 aromatic carbocycles. The number of carboxylic acid groups (broad SMARTS) is 1. The van der Waals surface area contributed by atoms with Crippen LogP contribution in [-0.4, -0.2) is 60.8 Å². The molecule has 0 spiro atoms. The minimum absolute atomic E-state index is 0.0459. The van der Waals surface area contributed by atoms with Gasteiger partial charge < -0.3 is 19.5 Å². The molecule has 1 saturated heterocycles. The summed E-state index contributed by atoms with van der Waals surface area (Å²) in [6, 6.07) is 18.0. The number of carbonyl (C=O) groups excluding carboxylic acids is 1. The molecule has 2 aliphatic heterocycles. The topological polar surface area (TPSA) is 79.3 Å². The Balaban J connectivity index is 1.54. The van der Waals surface area contributed by atoms with E-state index in [9.17, 15) is 19.1 Å². The Morgan fingerprint density at radius 3 is 2.53 bits per heavy atom. The zero-order valence-electron chi connectivity index (χ0n) is 26.8. The maximum absolute atomic E-state index is 14.5. The summed E-state index contributed by atoms with van der Waals surface area (Å²) in [5, 5.41) is 10.7. The fourth-order valence-corrected chi connectivity index (χ4v) is 7.27. The van der Waals surface area contributed by atoms with E-state index in [0.29, 0.717) is 36.6 Å². The van der Waals surface area contributed by atoms with E-state index in [4.69, 9.17) is 9.47 Å². The van der Waals surface area contributed by atoms with E-state index in [0.717, 1.165) is 54.5 Å². The van der Waals surface area contributed by atoms with Crippen LogP contribution in [0, 0.1) is 18.7 Å². The summed E-state index contributed by atoms with van der Waals surface area (Å²) < 4.78 is 25.7. The van der Waals surface area contributed by atoms with Crippen molar-refractivity contribution < 1.29 is 28.6 Å². The molecule has 45 heavy (non-hydrogen) atoms. The molecule has 3 atom stereocenters. The maximum Gasteiger partial charge on any atom is 0.308 e. The van der Waals surface area contributed by atoms with Gasteiger partial charge in [0.05, 0.1) is 26.2 Å². The van der Waals surface area contributed by atoms with Crippen LogP contribution in [0.15, 0.2) is 60.7 Å². The molecule has 7 nitrogen and oxygen atoms in total. The number of carboxylic acids is 1. The van der Waals surface area contributed by atoms with E-state index in [1.165, 1.54) is 6.07 Å². The maximum atomic E-state index is 14.5. The molecule has 5 rings (SSSR count). The average Bonchev–Trinajstić information content (AvgIpc) is 3.64. The van der Waals surface area contributed by atoms with Gasteiger partial charge in [0.2, 0.25) is 5.91 Å². The number of rotatable bonds is 13. The number of para-hydroxylation sites is 1. The third-order valence-electron chi connectivity index (χ3n) is 9.43. The molecule has 0 radical (unpaired) electrons. The highest BCUT2D eigenvalue weighted by Crippen LogP contribution is 2.42. The third kappa shape index (κ3) is 7.01. The van der Waals surface area contributed by atoms with Gasteiger partial charge in [-0.05, 0) is 78.8 Å². The first-order chi connectivity index (χ1) is 21.7. The summed E-state index contributed by atoms with van der Waals surface area (Å²) in [7, 11) is 1.61. The highest BCUT2D eigenvalue weighted by atomic mass is 19.1. The second kappa shape index (κ2) is 14.5. The van der Waals surface area contributed by atoms with Crippen LogP contribution in [0.1, 0.15) is 67.7 Å². The smallest absolute Gasteiger partial charge is 0.308 e. The number of anilines is 1. The molecule has 240 valence electrons. The van der Waals surface area contributed by atoms with Crippen molar-refractivity contribution in [1.82, 2.24) is 4.90 Å².